The van der Waals surface area contributed by atoms with Crippen LogP contribution in [0.2, 0.25) is 0 Å². The van der Waals surface area contributed by atoms with Crippen LogP contribution in [0.15, 0.2) is 12.3 Å². The van der Waals surface area contributed by atoms with E-state index < -0.39 is 0 Å². The van der Waals surface area contributed by atoms with Crippen molar-refractivity contribution < 1.29 is 0 Å². The average molecular weight is 191 g/mol. The minimum atomic E-state index is 1.20. The zero-order chi connectivity index (χ0) is 10.4. The highest BCUT2D eigenvalue weighted by atomic mass is 14.9. The summed E-state index contributed by atoms with van der Waals surface area (Å²) in [6.07, 6.45) is 11.8. The maximum atomic E-state index is 2.35. The quantitative estimate of drug-likeness (QED) is 0.643. The standard InChI is InChI=1S/C13H21N/c1-4-6-7-8-9-13-12(5-2)10-11-14(13)3/h5,9-11H,4,6-8H2,1-3H3/b12-5-,13-9+. The normalized spacial score (nSPS) is 13.9. The molecule has 0 saturated heterocycles. The Morgan fingerprint density at radius 1 is 1.36 bits per heavy atom. The van der Waals surface area contributed by atoms with Crippen LogP contribution in [0, 0.1) is 0 Å². The first-order chi connectivity index (χ1) is 6.79. The predicted octanol–water partition coefficient (Wildman–Crippen LogP) is 2.19. The fraction of sp³-hybridized carbons (Fsp3) is 0.538. The summed E-state index contributed by atoms with van der Waals surface area (Å²) in [5.74, 6) is 0. The van der Waals surface area contributed by atoms with Crippen molar-refractivity contribution in [2.45, 2.75) is 39.5 Å². The fourth-order valence-electron chi connectivity index (χ4n) is 1.70. The Morgan fingerprint density at radius 3 is 2.79 bits per heavy atom. The number of nitrogens with zero attached hydrogens (tertiary/aromatic N) is 1. The summed E-state index contributed by atoms with van der Waals surface area (Å²) in [7, 11) is 2.11. The van der Waals surface area contributed by atoms with Crippen LogP contribution in [-0.4, -0.2) is 4.57 Å². The highest BCUT2D eigenvalue weighted by Crippen LogP contribution is 1.98. The van der Waals surface area contributed by atoms with Crippen molar-refractivity contribution in [3.8, 4) is 0 Å². The molecule has 0 aliphatic carbocycles. The molecule has 1 heterocycles. The molecule has 0 aromatic carbocycles. The van der Waals surface area contributed by atoms with E-state index in [0.717, 1.165) is 0 Å². The van der Waals surface area contributed by atoms with Crippen molar-refractivity contribution in [2.24, 2.45) is 7.05 Å². The van der Waals surface area contributed by atoms with Crippen molar-refractivity contribution in [3.63, 3.8) is 0 Å². The average Bonchev–Trinajstić information content (AvgIpc) is 2.55. The van der Waals surface area contributed by atoms with E-state index >= 15 is 0 Å². The molecule has 0 aliphatic heterocycles. The zero-order valence-electron chi connectivity index (χ0n) is 9.59. The largest absolute Gasteiger partial charge is 0.351 e. The van der Waals surface area contributed by atoms with Crippen LogP contribution in [0.25, 0.3) is 12.2 Å². The summed E-state index contributed by atoms with van der Waals surface area (Å²) in [6, 6.07) is 2.17. The SMILES string of the molecule is C/C=c1/ccn(C)/c1=C/CCCCC. The molecule has 1 rings (SSSR count). The maximum absolute atomic E-state index is 2.35. The zero-order valence-corrected chi connectivity index (χ0v) is 9.59. The fourth-order valence-corrected chi connectivity index (χ4v) is 1.70. The first-order valence-electron chi connectivity index (χ1n) is 5.57. The van der Waals surface area contributed by atoms with Crippen LogP contribution in [0.4, 0.5) is 0 Å². The number of hydrogen-bond acceptors (Lipinski definition) is 0. The van der Waals surface area contributed by atoms with Crippen molar-refractivity contribution in [1.82, 2.24) is 4.57 Å². The Kier molecular flexibility index (Phi) is 4.51. The molecule has 1 aromatic heterocycles. The third-order valence-corrected chi connectivity index (χ3v) is 2.61. The molecule has 0 atom stereocenters. The van der Waals surface area contributed by atoms with Crippen molar-refractivity contribution in [1.29, 1.82) is 0 Å². The molecule has 1 nitrogen and oxygen atoms in total. The van der Waals surface area contributed by atoms with E-state index in [2.05, 4.69) is 49.9 Å². The molecule has 0 fully saturated rings. The third-order valence-electron chi connectivity index (χ3n) is 2.61. The molecule has 14 heavy (non-hydrogen) atoms. The van der Waals surface area contributed by atoms with Gasteiger partial charge in [0.1, 0.15) is 0 Å². The summed E-state index contributed by atoms with van der Waals surface area (Å²) in [6.45, 7) is 4.34. The van der Waals surface area contributed by atoms with Crippen LogP contribution in [-0.2, 0) is 7.05 Å². The Labute approximate surface area is 86.8 Å². The highest BCUT2D eigenvalue weighted by Gasteiger charge is 1.89. The van der Waals surface area contributed by atoms with Gasteiger partial charge in [0, 0.05) is 18.6 Å². The smallest absolute Gasteiger partial charge is 0.0433 e. The second kappa shape index (κ2) is 5.69. The van der Waals surface area contributed by atoms with E-state index in [1.807, 2.05) is 0 Å². The molecule has 1 aromatic rings. The third kappa shape index (κ3) is 2.76. The van der Waals surface area contributed by atoms with Crippen molar-refractivity contribution >= 4 is 12.2 Å². The lowest BCUT2D eigenvalue weighted by Gasteiger charge is -1.94. The van der Waals surface area contributed by atoms with Gasteiger partial charge in [-0.1, -0.05) is 31.9 Å². The van der Waals surface area contributed by atoms with Crippen LogP contribution in [0.5, 0.6) is 0 Å². The van der Waals surface area contributed by atoms with E-state index in [4.69, 9.17) is 0 Å². The van der Waals surface area contributed by atoms with Crippen LogP contribution in [0.1, 0.15) is 39.5 Å². The van der Waals surface area contributed by atoms with Gasteiger partial charge in [-0.15, -0.1) is 0 Å². The molecule has 78 valence electrons. The van der Waals surface area contributed by atoms with Gasteiger partial charge >= 0.3 is 0 Å². The van der Waals surface area contributed by atoms with Crippen LogP contribution < -0.4 is 10.6 Å². The summed E-state index contributed by atoms with van der Waals surface area (Å²) in [5, 5.41) is 2.72. The lowest BCUT2D eigenvalue weighted by Crippen LogP contribution is -2.26. The minimum absolute atomic E-state index is 1.20. The molecule has 0 radical (unpaired) electrons. The number of unbranched alkanes of at least 4 members (excludes halogenated alkanes) is 3. The highest BCUT2D eigenvalue weighted by molar-refractivity contribution is 5.27. The summed E-state index contributed by atoms with van der Waals surface area (Å²) < 4.78 is 2.20. The Bertz CT molecular complexity index is 370. The van der Waals surface area contributed by atoms with E-state index in [0.29, 0.717) is 0 Å². The van der Waals surface area contributed by atoms with Gasteiger partial charge in [0.05, 0.1) is 0 Å². The molecule has 0 unspecified atom stereocenters. The van der Waals surface area contributed by atoms with E-state index in [1.165, 1.54) is 36.3 Å². The van der Waals surface area contributed by atoms with Gasteiger partial charge in [0.15, 0.2) is 0 Å². The van der Waals surface area contributed by atoms with E-state index in [1.54, 1.807) is 0 Å². The van der Waals surface area contributed by atoms with Crippen LogP contribution in [0.3, 0.4) is 0 Å². The lowest BCUT2D eigenvalue weighted by molar-refractivity contribution is 0.738. The Morgan fingerprint density at radius 2 is 2.14 bits per heavy atom. The summed E-state index contributed by atoms with van der Waals surface area (Å²) in [5.41, 5.74) is 0. The monoisotopic (exact) mass is 191 g/mol. The number of hydrogen-bond donors (Lipinski definition) is 0. The Hall–Kier alpha value is -0.980. The van der Waals surface area contributed by atoms with Gasteiger partial charge in [-0.05, 0) is 31.1 Å². The van der Waals surface area contributed by atoms with Gasteiger partial charge in [-0.25, -0.2) is 0 Å². The van der Waals surface area contributed by atoms with E-state index in [9.17, 15) is 0 Å². The van der Waals surface area contributed by atoms with Gasteiger partial charge < -0.3 is 4.57 Å². The van der Waals surface area contributed by atoms with Gasteiger partial charge in [0.25, 0.3) is 0 Å². The molecule has 0 N–H and O–H groups in total. The van der Waals surface area contributed by atoms with Crippen LogP contribution >= 0.6 is 0 Å². The predicted molar refractivity (Wildman–Crippen MR) is 63.4 cm³/mol. The van der Waals surface area contributed by atoms with E-state index in [-0.39, 0.29) is 0 Å². The van der Waals surface area contributed by atoms with Crippen molar-refractivity contribution in [3.05, 3.63) is 22.8 Å². The lowest BCUT2D eigenvalue weighted by atomic mass is 10.2. The first kappa shape index (κ1) is 11.1. The summed E-state index contributed by atoms with van der Waals surface area (Å²) in [4.78, 5) is 0. The minimum Gasteiger partial charge on any atom is -0.351 e. The number of rotatable bonds is 4. The molecule has 0 amide bonds. The molecule has 1 heteroatoms. The first-order valence-corrected chi connectivity index (χ1v) is 5.57. The number of aromatic nitrogens is 1. The number of aryl methyl sites for hydroxylation is 1. The molecule has 0 aliphatic rings. The topological polar surface area (TPSA) is 4.93 Å². The van der Waals surface area contributed by atoms with Gasteiger partial charge in [-0.3, -0.25) is 0 Å². The molecule has 0 spiro atoms. The van der Waals surface area contributed by atoms with Gasteiger partial charge in [-0.2, -0.15) is 0 Å². The second-order valence-corrected chi connectivity index (χ2v) is 3.76. The molecular formula is C13H21N. The van der Waals surface area contributed by atoms with Crippen molar-refractivity contribution in [2.75, 3.05) is 0 Å². The Balaban J connectivity index is 2.78. The van der Waals surface area contributed by atoms with Gasteiger partial charge in [0.2, 0.25) is 0 Å². The summed E-state index contributed by atoms with van der Waals surface area (Å²) >= 11 is 0. The molecular weight excluding hydrogens is 170 g/mol. The second-order valence-electron chi connectivity index (χ2n) is 3.76. The molecule has 0 bridgehead atoms. The maximum Gasteiger partial charge on any atom is 0.0433 e. The molecule has 0 saturated carbocycles.